The minimum absolute atomic E-state index is 0. The Morgan fingerprint density at radius 3 is 2.62 bits per heavy atom. The average molecular weight is 513 g/mol. The van der Waals surface area contributed by atoms with E-state index in [-0.39, 0.29) is 41.5 Å². The standard InChI is InChI=1S/C20H24FN5O2.HI/c1-22-20(23-14-15-4-2-7-19(12-15)26(27)28)24-17-8-10-25(11-9-17)18-6-3-5-16(21)13-18;/h2-7,12-13,17H,8-11,14H2,1H3,(H2,22,23,24);1H. The minimum atomic E-state index is -0.400. The molecule has 2 aromatic rings. The quantitative estimate of drug-likeness (QED) is 0.210. The summed E-state index contributed by atoms with van der Waals surface area (Å²) in [5.74, 6) is 0.444. The van der Waals surface area contributed by atoms with E-state index in [0.29, 0.717) is 12.5 Å². The summed E-state index contributed by atoms with van der Waals surface area (Å²) in [6.45, 7) is 2.12. The Bertz CT molecular complexity index is 856. The molecule has 0 aromatic heterocycles. The van der Waals surface area contributed by atoms with Gasteiger partial charge < -0.3 is 15.5 Å². The Hall–Kier alpha value is -2.43. The van der Waals surface area contributed by atoms with Crippen molar-refractivity contribution in [3.63, 3.8) is 0 Å². The second kappa shape index (κ2) is 10.9. The van der Waals surface area contributed by atoms with Gasteiger partial charge in [-0.15, -0.1) is 24.0 Å². The van der Waals surface area contributed by atoms with Gasteiger partial charge in [0.25, 0.3) is 5.69 Å². The fourth-order valence-corrected chi connectivity index (χ4v) is 3.31. The number of anilines is 1. The number of aliphatic imine (C=N–C) groups is 1. The number of piperidine rings is 1. The van der Waals surface area contributed by atoms with Crippen LogP contribution in [-0.4, -0.2) is 37.1 Å². The summed E-state index contributed by atoms with van der Waals surface area (Å²) >= 11 is 0. The molecule has 0 amide bonds. The first-order valence-corrected chi connectivity index (χ1v) is 9.26. The first kappa shape index (κ1) is 22.9. The molecule has 3 rings (SSSR count). The zero-order valence-corrected chi connectivity index (χ0v) is 18.5. The van der Waals surface area contributed by atoms with Gasteiger partial charge in [0.15, 0.2) is 5.96 Å². The summed E-state index contributed by atoms with van der Waals surface area (Å²) in [6, 6.07) is 13.5. The molecule has 29 heavy (non-hydrogen) atoms. The van der Waals surface area contributed by atoms with Crippen molar-refractivity contribution in [1.29, 1.82) is 0 Å². The monoisotopic (exact) mass is 513 g/mol. The summed E-state index contributed by atoms with van der Waals surface area (Å²) in [7, 11) is 1.70. The number of nitrogens with zero attached hydrogens (tertiary/aromatic N) is 3. The van der Waals surface area contributed by atoms with Crippen LogP contribution < -0.4 is 15.5 Å². The molecular weight excluding hydrogens is 488 g/mol. The Balaban J connectivity index is 0.00000300. The number of nitro groups is 1. The summed E-state index contributed by atoms with van der Waals surface area (Å²) < 4.78 is 13.4. The van der Waals surface area contributed by atoms with E-state index in [1.807, 2.05) is 12.1 Å². The largest absolute Gasteiger partial charge is 0.371 e. The van der Waals surface area contributed by atoms with Crippen molar-refractivity contribution in [3.05, 3.63) is 70.0 Å². The van der Waals surface area contributed by atoms with E-state index < -0.39 is 4.92 Å². The van der Waals surface area contributed by atoms with Gasteiger partial charge in [0.1, 0.15) is 5.82 Å². The third-order valence-corrected chi connectivity index (χ3v) is 4.81. The van der Waals surface area contributed by atoms with Crippen LogP contribution in [0.15, 0.2) is 53.5 Å². The molecule has 1 aliphatic rings. The van der Waals surface area contributed by atoms with Crippen LogP contribution in [0.3, 0.4) is 0 Å². The van der Waals surface area contributed by atoms with E-state index in [1.54, 1.807) is 31.3 Å². The van der Waals surface area contributed by atoms with Crippen molar-refractivity contribution in [2.75, 3.05) is 25.0 Å². The van der Waals surface area contributed by atoms with Crippen LogP contribution in [0, 0.1) is 15.9 Å². The van der Waals surface area contributed by atoms with E-state index in [9.17, 15) is 14.5 Å². The summed E-state index contributed by atoms with van der Waals surface area (Å²) in [5, 5.41) is 17.5. The molecule has 0 unspecified atom stereocenters. The molecule has 2 N–H and O–H groups in total. The topological polar surface area (TPSA) is 82.8 Å². The van der Waals surface area contributed by atoms with Gasteiger partial charge in [-0.2, -0.15) is 0 Å². The lowest BCUT2D eigenvalue weighted by Crippen LogP contribution is -2.48. The normalized spacial score (nSPS) is 14.8. The Kier molecular flexibility index (Phi) is 8.62. The molecule has 0 saturated carbocycles. The molecule has 0 spiro atoms. The van der Waals surface area contributed by atoms with Crippen molar-refractivity contribution >= 4 is 41.3 Å². The van der Waals surface area contributed by atoms with Crippen molar-refractivity contribution in [2.24, 2.45) is 4.99 Å². The van der Waals surface area contributed by atoms with Gasteiger partial charge in [-0.3, -0.25) is 15.1 Å². The Morgan fingerprint density at radius 1 is 1.24 bits per heavy atom. The molecule has 0 radical (unpaired) electrons. The number of halogens is 2. The molecule has 0 aliphatic carbocycles. The van der Waals surface area contributed by atoms with Crippen molar-refractivity contribution in [1.82, 2.24) is 10.6 Å². The number of hydrogen-bond acceptors (Lipinski definition) is 4. The van der Waals surface area contributed by atoms with E-state index in [0.717, 1.165) is 37.2 Å². The number of benzene rings is 2. The molecular formula is C20H25FIN5O2. The molecule has 7 nitrogen and oxygen atoms in total. The lowest BCUT2D eigenvalue weighted by atomic mass is 10.0. The van der Waals surface area contributed by atoms with Crippen molar-refractivity contribution in [3.8, 4) is 0 Å². The van der Waals surface area contributed by atoms with Crippen LogP contribution in [0.25, 0.3) is 0 Å². The molecule has 0 atom stereocenters. The maximum absolute atomic E-state index is 13.4. The van der Waals surface area contributed by atoms with Crippen molar-refractivity contribution < 1.29 is 9.31 Å². The average Bonchev–Trinajstić information content (AvgIpc) is 2.71. The Morgan fingerprint density at radius 2 is 1.97 bits per heavy atom. The van der Waals surface area contributed by atoms with Gasteiger partial charge in [-0.25, -0.2) is 4.39 Å². The fraction of sp³-hybridized carbons (Fsp3) is 0.350. The SMILES string of the molecule is CN=C(NCc1cccc([N+](=O)[O-])c1)NC1CCN(c2cccc(F)c2)CC1.I. The summed E-state index contributed by atoms with van der Waals surface area (Å²) in [4.78, 5) is 16.9. The Labute approximate surface area is 186 Å². The molecule has 1 aliphatic heterocycles. The highest BCUT2D eigenvalue weighted by Gasteiger charge is 2.20. The molecule has 0 bridgehead atoms. The van der Waals surface area contributed by atoms with E-state index >= 15 is 0 Å². The van der Waals surface area contributed by atoms with Gasteiger partial charge in [0, 0.05) is 50.5 Å². The smallest absolute Gasteiger partial charge is 0.269 e. The maximum atomic E-state index is 13.4. The van der Waals surface area contributed by atoms with Gasteiger partial charge in [-0.05, 0) is 36.6 Å². The number of rotatable bonds is 5. The third-order valence-electron chi connectivity index (χ3n) is 4.81. The van der Waals surface area contributed by atoms with Gasteiger partial charge in [0.05, 0.1) is 4.92 Å². The second-order valence-electron chi connectivity index (χ2n) is 6.74. The minimum Gasteiger partial charge on any atom is -0.371 e. The number of hydrogen-bond donors (Lipinski definition) is 2. The van der Waals surface area contributed by atoms with Crippen LogP contribution in [-0.2, 0) is 6.54 Å². The fourth-order valence-electron chi connectivity index (χ4n) is 3.31. The summed E-state index contributed by atoms with van der Waals surface area (Å²) in [5.41, 5.74) is 1.80. The van der Waals surface area contributed by atoms with Gasteiger partial charge in [-0.1, -0.05) is 18.2 Å². The van der Waals surface area contributed by atoms with Crippen LogP contribution in [0.1, 0.15) is 18.4 Å². The third kappa shape index (κ3) is 6.55. The highest BCUT2D eigenvalue weighted by molar-refractivity contribution is 14.0. The van der Waals surface area contributed by atoms with Crippen LogP contribution in [0.5, 0.6) is 0 Å². The molecule has 1 saturated heterocycles. The van der Waals surface area contributed by atoms with E-state index in [2.05, 4.69) is 20.5 Å². The second-order valence-corrected chi connectivity index (χ2v) is 6.74. The van der Waals surface area contributed by atoms with E-state index in [1.165, 1.54) is 12.1 Å². The lowest BCUT2D eigenvalue weighted by Gasteiger charge is -2.34. The first-order chi connectivity index (χ1) is 13.5. The number of guanidine groups is 1. The van der Waals surface area contributed by atoms with Gasteiger partial charge in [0.2, 0.25) is 0 Å². The molecule has 2 aromatic carbocycles. The van der Waals surface area contributed by atoms with Crippen molar-refractivity contribution in [2.45, 2.75) is 25.4 Å². The number of non-ortho nitro benzene ring substituents is 1. The number of nitro benzene ring substituents is 1. The van der Waals surface area contributed by atoms with Gasteiger partial charge >= 0.3 is 0 Å². The lowest BCUT2D eigenvalue weighted by molar-refractivity contribution is -0.384. The molecule has 1 fully saturated rings. The highest BCUT2D eigenvalue weighted by atomic mass is 127. The predicted octanol–water partition coefficient (Wildman–Crippen LogP) is 3.69. The van der Waals surface area contributed by atoms with Crippen LogP contribution >= 0.6 is 24.0 Å². The predicted molar refractivity (Wildman–Crippen MR) is 123 cm³/mol. The molecule has 156 valence electrons. The van der Waals surface area contributed by atoms with Crippen LogP contribution in [0.4, 0.5) is 15.8 Å². The molecule has 1 heterocycles. The zero-order chi connectivity index (χ0) is 19.9. The molecule has 9 heteroatoms. The first-order valence-electron chi connectivity index (χ1n) is 9.26. The maximum Gasteiger partial charge on any atom is 0.269 e. The number of nitrogens with one attached hydrogen (secondary N) is 2. The zero-order valence-electron chi connectivity index (χ0n) is 16.2. The highest BCUT2D eigenvalue weighted by Crippen LogP contribution is 2.20. The van der Waals surface area contributed by atoms with E-state index in [4.69, 9.17) is 0 Å². The van der Waals surface area contributed by atoms with Crippen LogP contribution in [0.2, 0.25) is 0 Å². The summed E-state index contributed by atoms with van der Waals surface area (Å²) in [6.07, 6.45) is 1.82.